The van der Waals surface area contributed by atoms with Crippen molar-refractivity contribution in [3.8, 4) is 0 Å². The van der Waals surface area contributed by atoms with Crippen molar-refractivity contribution in [3.63, 3.8) is 0 Å². The lowest BCUT2D eigenvalue weighted by molar-refractivity contribution is -0.122. The minimum Gasteiger partial charge on any atom is -0.452 e. The Morgan fingerprint density at radius 2 is 1.50 bits per heavy atom. The number of hydrogen-bond acceptors (Lipinski definition) is 5. The maximum absolute atomic E-state index is 13.3. The fourth-order valence-electron chi connectivity index (χ4n) is 5.61. The summed E-state index contributed by atoms with van der Waals surface area (Å²) in [6, 6.07) is 22.0. The molecule has 38 heavy (non-hydrogen) atoms. The van der Waals surface area contributed by atoms with E-state index < -0.39 is 18.5 Å². The van der Waals surface area contributed by atoms with Crippen LogP contribution in [0.2, 0.25) is 0 Å². The van der Waals surface area contributed by atoms with Crippen LogP contribution in [-0.4, -0.2) is 30.3 Å². The molecule has 1 N–H and O–H groups in total. The molecule has 7 heteroatoms. The average Bonchev–Trinajstić information content (AvgIpc) is 3.19. The minimum atomic E-state index is -0.661. The van der Waals surface area contributed by atoms with Gasteiger partial charge in [-0.05, 0) is 80.0 Å². The van der Waals surface area contributed by atoms with E-state index in [0.717, 1.165) is 17.5 Å². The molecule has 3 aromatic rings. The first-order valence-corrected chi connectivity index (χ1v) is 12.9. The van der Waals surface area contributed by atoms with Crippen LogP contribution >= 0.6 is 0 Å². The molecule has 0 spiro atoms. The number of ether oxygens (including phenoxy) is 1. The van der Waals surface area contributed by atoms with E-state index in [2.05, 4.69) is 17.4 Å². The van der Waals surface area contributed by atoms with Gasteiger partial charge >= 0.3 is 5.97 Å². The van der Waals surface area contributed by atoms with Crippen molar-refractivity contribution < 1.29 is 23.9 Å². The van der Waals surface area contributed by atoms with Gasteiger partial charge in [0.2, 0.25) is 11.8 Å². The van der Waals surface area contributed by atoms with E-state index in [-0.39, 0.29) is 35.1 Å². The molecular weight excluding hydrogens is 480 g/mol. The summed E-state index contributed by atoms with van der Waals surface area (Å²) in [5, 5.41) is 2.78. The van der Waals surface area contributed by atoms with Gasteiger partial charge in [0.15, 0.2) is 6.61 Å². The van der Waals surface area contributed by atoms with Crippen LogP contribution in [0.1, 0.15) is 52.2 Å². The lowest BCUT2D eigenvalue weighted by atomic mass is 9.73. The van der Waals surface area contributed by atoms with Crippen LogP contribution in [0.25, 0.3) is 0 Å². The molecule has 1 aliphatic heterocycles. The minimum absolute atomic E-state index is 0.176. The summed E-state index contributed by atoms with van der Waals surface area (Å²) in [4.78, 5) is 52.6. The highest BCUT2D eigenvalue weighted by atomic mass is 16.5. The zero-order valence-electron chi connectivity index (χ0n) is 21.5. The van der Waals surface area contributed by atoms with Gasteiger partial charge in [-0.3, -0.25) is 19.3 Å². The van der Waals surface area contributed by atoms with Crippen molar-refractivity contribution >= 4 is 35.1 Å². The van der Waals surface area contributed by atoms with Gasteiger partial charge in [-0.2, -0.15) is 0 Å². The number of nitrogens with one attached hydrogen (secondary N) is 1. The summed E-state index contributed by atoms with van der Waals surface area (Å²) in [6.07, 6.45) is 2.21. The largest absolute Gasteiger partial charge is 0.452 e. The van der Waals surface area contributed by atoms with Gasteiger partial charge in [-0.1, -0.05) is 48.5 Å². The van der Waals surface area contributed by atoms with E-state index in [1.807, 2.05) is 50.2 Å². The standard InChI is InChI=1S/C31H30N2O5/c1-19-7-6-8-20(2)28(19)32-27(34)18-38-31(37)22-11-14-24(15-12-22)33-29(35)25-16-13-23(17-26(25)30(33)36)21-9-4-3-5-10-21/h3-12,14-15,23,25-26H,13,16-18H2,1-2H3,(H,32,34)/t23-,25+,26+/m0/s1. The molecule has 3 aromatic carbocycles. The number of amides is 3. The van der Waals surface area contributed by atoms with Crippen LogP contribution in [0.15, 0.2) is 72.8 Å². The summed E-state index contributed by atoms with van der Waals surface area (Å²) in [7, 11) is 0. The molecule has 2 aliphatic rings. The zero-order chi connectivity index (χ0) is 26.8. The number of carbonyl (C=O) groups is 4. The Labute approximate surface area is 221 Å². The number of aryl methyl sites for hydroxylation is 2. The molecule has 5 rings (SSSR count). The first kappa shape index (κ1) is 25.4. The molecule has 1 saturated heterocycles. The second-order valence-corrected chi connectivity index (χ2v) is 10.1. The number of hydrogen-bond donors (Lipinski definition) is 1. The SMILES string of the molecule is Cc1cccc(C)c1NC(=O)COC(=O)c1ccc(N2C(=O)[C@@H]3CC[C@H](c4ccccc4)C[C@H]3C2=O)cc1. The molecule has 1 heterocycles. The maximum Gasteiger partial charge on any atom is 0.338 e. The van der Waals surface area contributed by atoms with Gasteiger partial charge in [0.05, 0.1) is 23.1 Å². The first-order chi connectivity index (χ1) is 18.3. The van der Waals surface area contributed by atoms with Crippen molar-refractivity contribution in [2.45, 2.75) is 39.0 Å². The third-order valence-electron chi connectivity index (χ3n) is 7.64. The van der Waals surface area contributed by atoms with Gasteiger partial charge in [-0.25, -0.2) is 4.79 Å². The van der Waals surface area contributed by atoms with Crippen LogP contribution in [0.3, 0.4) is 0 Å². The summed E-state index contributed by atoms with van der Waals surface area (Å²) >= 11 is 0. The second kappa shape index (κ2) is 10.6. The third-order valence-corrected chi connectivity index (χ3v) is 7.64. The molecule has 1 saturated carbocycles. The van der Waals surface area contributed by atoms with E-state index in [1.165, 1.54) is 22.6 Å². The van der Waals surface area contributed by atoms with Gasteiger partial charge < -0.3 is 10.1 Å². The molecule has 0 bridgehead atoms. The van der Waals surface area contributed by atoms with E-state index in [9.17, 15) is 19.2 Å². The average molecular weight is 511 g/mol. The summed E-state index contributed by atoms with van der Waals surface area (Å²) < 4.78 is 5.18. The van der Waals surface area contributed by atoms with Crippen LogP contribution in [0, 0.1) is 25.7 Å². The molecule has 0 radical (unpaired) electrons. The number of carbonyl (C=O) groups excluding carboxylic acids is 4. The van der Waals surface area contributed by atoms with Gasteiger partial charge in [0.25, 0.3) is 5.91 Å². The highest BCUT2D eigenvalue weighted by Gasteiger charge is 2.50. The number of benzene rings is 3. The van der Waals surface area contributed by atoms with E-state index in [0.29, 0.717) is 24.2 Å². The van der Waals surface area contributed by atoms with Gasteiger partial charge in [-0.15, -0.1) is 0 Å². The number of fused-ring (bicyclic) bond motifs is 1. The van der Waals surface area contributed by atoms with E-state index >= 15 is 0 Å². The highest BCUT2D eigenvalue weighted by molar-refractivity contribution is 6.22. The van der Waals surface area contributed by atoms with Crippen LogP contribution in [0.5, 0.6) is 0 Å². The summed E-state index contributed by atoms with van der Waals surface area (Å²) in [6.45, 7) is 3.36. The predicted molar refractivity (Wildman–Crippen MR) is 144 cm³/mol. The molecular formula is C31H30N2O5. The topological polar surface area (TPSA) is 92.8 Å². The molecule has 7 nitrogen and oxygen atoms in total. The zero-order valence-corrected chi connectivity index (χ0v) is 21.5. The van der Waals surface area contributed by atoms with E-state index in [1.54, 1.807) is 12.1 Å². The van der Waals surface area contributed by atoms with Crippen LogP contribution in [0.4, 0.5) is 11.4 Å². The Kier molecular flexibility index (Phi) is 7.09. The van der Waals surface area contributed by atoms with Crippen LogP contribution in [-0.2, 0) is 19.1 Å². The summed E-state index contributed by atoms with van der Waals surface area (Å²) in [5.41, 5.74) is 4.41. The van der Waals surface area contributed by atoms with Gasteiger partial charge in [0.1, 0.15) is 0 Å². The summed E-state index contributed by atoms with van der Waals surface area (Å²) in [5.74, 6) is -1.82. The Hall–Kier alpha value is -4.26. The Morgan fingerprint density at radius 1 is 0.842 bits per heavy atom. The monoisotopic (exact) mass is 510 g/mol. The second-order valence-electron chi connectivity index (χ2n) is 10.1. The number of para-hydroxylation sites is 1. The Balaban J connectivity index is 1.21. The number of anilines is 2. The molecule has 3 atom stereocenters. The maximum atomic E-state index is 13.3. The van der Waals surface area contributed by atoms with Crippen molar-refractivity contribution in [1.29, 1.82) is 0 Å². The fraction of sp³-hybridized carbons (Fsp3) is 0.290. The van der Waals surface area contributed by atoms with Crippen molar-refractivity contribution in [3.05, 3.63) is 95.1 Å². The molecule has 3 amide bonds. The number of esters is 1. The van der Waals surface area contributed by atoms with Crippen molar-refractivity contribution in [1.82, 2.24) is 0 Å². The fourth-order valence-corrected chi connectivity index (χ4v) is 5.61. The van der Waals surface area contributed by atoms with Crippen molar-refractivity contribution in [2.75, 3.05) is 16.8 Å². The lowest BCUT2D eigenvalue weighted by Gasteiger charge is -2.28. The molecule has 0 unspecified atom stereocenters. The molecule has 1 aliphatic carbocycles. The van der Waals surface area contributed by atoms with E-state index in [4.69, 9.17) is 4.74 Å². The smallest absolute Gasteiger partial charge is 0.338 e. The highest BCUT2D eigenvalue weighted by Crippen LogP contribution is 2.45. The third kappa shape index (κ3) is 4.96. The molecule has 2 fully saturated rings. The van der Waals surface area contributed by atoms with Gasteiger partial charge in [0, 0.05) is 5.69 Å². The lowest BCUT2D eigenvalue weighted by Crippen LogP contribution is -2.30. The first-order valence-electron chi connectivity index (χ1n) is 12.9. The predicted octanol–water partition coefficient (Wildman–Crippen LogP) is 5.17. The van der Waals surface area contributed by atoms with Crippen LogP contribution < -0.4 is 10.2 Å². The van der Waals surface area contributed by atoms with Crippen molar-refractivity contribution in [2.24, 2.45) is 11.8 Å². The Bertz CT molecular complexity index is 1360. The molecule has 0 aromatic heterocycles. The Morgan fingerprint density at radius 3 is 2.18 bits per heavy atom. The quantitative estimate of drug-likeness (QED) is 0.365. The number of nitrogens with zero attached hydrogens (tertiary/aromatic N) is 1. The number of imide groups is 1. The number of rotatable bonds is 6. The molecule has 194 valence electrons. The normalized spacial score (nSPS) is 20.7.